The highest BCUT2D eigenvalue weighted by Gasteiger charge is 2.24. The Morgan fingerprint density at radius 1 is 1.09 bits per heavy atom. The number of benzene rings is 3. The Morgan fingerprint density at radius 3 is 2.67 bits per heavy atom. The molecule has 0 saturated carbocycles. The molecule has 4 nitrogen and oxygen atoms in total. The Kier molecular flexibility index (Phi) is 7.91. The molecule has 33 heavy (non-hydrogen) atoms. The summed E-state index contributed by atoms with van der Waals surface area (Å²) in [6.45, 7) is 2.22. The van der Waals surface area contributed by atoms with Gasteiger partial charge in [0.15, 0.2) is 5.17 Å². The van der Waals surface area contributed by atoms with E-state index in [0.29, 0.717) is 31.7 Å². The number of rotatable bonds is 5. The Labute approximate surface area is 224 Å². The molecule has 0 spiro atoms. The Balaban J connectivity index is 1.47. The van der Waals surface area contributed by atoms with Gasteiger partial charge in [-0.05, 0) is 94.9 Å². The molecule has 1 aliphatic heterocycles. The van der Waals surface area contributed by atoms with E-state index in [1.165, 1.54) is 11.8 Å². The van der Waals surface area contributed by atoms with Crippen LogP contribution in [0, 0.1) is 10.5 Å². The molecule has 1 N–H and O–H groups in total. The summed E-state index contributed by atoms with van der Waals surface area (Å²) in [5, 5.41) is 5.11. The fourth-order valence-electron chi connectivity index (χ4n) is 2.98. The van der Waals surface area contributed by atoms with Gasteiger partial charge in [-0.25, -0.2) is 4.99 Å². The van der Waals surface area contributed by atoms with E-state index in [4.69, 9.17) is 39.5 Å². The number of thioether (sulfide) groups is 1. The normalized spacial score (nSPS) is 15.8. The van der Waals surface area contributed by atoms with Crippen molar-refractivity contribution in [2.45, 2.75) is 13.5 Å². The van der Waals surface area contributed by atoms with E-state index in [2.05, 4.69) is 32.9 Å². The maximum atomic E-state index is 12.4. The number of hydrogen-bond acceptors (Lipinski definition) is 4. The van der Waals surface area contributed by atoms with Crippen molar-refractivity contribution < 1.29 is 9.53 Å². The Morgan fingerprint density at radius 2 is 1.91 bits per heavy atom. The number of carbonyl (C=O) groups is 1. The fourth-order valence-corrected chi connectivity index (χ4v) is 5.14. The number of hydrogen-bond donors (Lipinski definition) is 1. The van der Waals surface area contributed by atoms with Gasteiger partial charge >= 0.3 is 0 Å². The van der Waals surface area contributed by atoms with Gasteiger partial charge in [-0.1, -0.05) is 53.0 Å². The fraction of sp³-hybridized carbons (Fsp3) is 0.0833. The van der Waals surface area contributed by atoms with E-state index in [9.17, 15) is 4.79 Å². The summed E-state index contributed by atoms with van der Waals surface area (Å²) >= 11 is 21.8. The number of halogens is 4. The minimum Gasteiger partial charge on any atom is -0.488 e. The number of amidine groups is 1. The highest BCUT2D eigenvalue weighted by Crippen LogP contribution is 2.32. The summed E-state index contributed by atoms with van der Waals surface area (Å²) in [6, 6.07) is 16.6. The van der Waals surface area contributed by atoms with E-state index in [1.807, 2.05) is 55.5 Å². The maximum absolute atomic E-state index is 12.4. The smallest absolute Gasteiger partial charge is 0.264 e. The second-order valence-corrected chi connectivity index (χ2v) is 10.5. The molecular weight excluding hydrogens is 614 g/mol. The van der Waals surface area contributed by atoms with Crippen molar-refractivity contribution in [2.24, 2.45) is 4.99 Å². The predicted molar refractivity (Wildman–Crippen MR) is 147 cm³/mol. The molecule has 0 atom stereocenters. The Hall–Kier alpha value is -1.71. The van der Waals surface area contributed by atoms with Gasteiger partial charge in [-0.15, -0.1) is 0 Å². The minimum atomic E-state index is -0.189. The second kappa shape index (κ2) is 10.7. The minimum absolute atomic E-state index is 0.189. The highest BCUT2D eigenvalue weighted by atomic mass is 127. The van der Waals surface area contributed by atoms with Gasteiger partial charge in [0.25, 0.3) is 5.91 Å². The van der Waals surface area contributed by atoms with E-state index < -0.39 is 0 Å². The van der Waals surface area contributed by atoms with Crippen molar-refractivity contribution in [2.75, 3.05) is 0 Å². The molecule has 0 radical (unpaired) electrons. The van der Waals surface area contributed by atoms with Crippen LogP contribution >= 0.6 is 69.2 Å². The third-order valence-corrected chi connectivity index (χ3v) is 7.51. The van der Waals surface area contributed by atoms with Gasteiger partial charge in [0.2, 0.25) is 0 Å². The van der Waals surface area contributed by atoms with Crippen molar-refractivity contribution >= 4 is 92.0 Å². The summed E-state index contributed by atoms with van der Waals surface area (Å²) in [7, 11) is 0. The molecule has 9 heteroatoms. The van der Waals surface area contributed by atoms with Crippen molar-refractivity contribution in [3.63, 3.8) is 0 Å². The number of nitrogens with one attached hydrogen (secondary N) is 1. The lowest BCUT2D eigenvalue weighted by atomic mass is 10.2. The summed E-state index contributed by atoms with van der Waals surface area (Å²) in [5.41, 5.74) is 3.32. The zero-order chi connectivity index (χ0) is 23.5. The molecule has 0 bridgehead atoms. The predicted octanol–water partition coefficient (Wildman–Crippen LogP) is 8.03. The first-order valence-electron chi connectivity index (χ1n) is 9.71. The van der Waals surface area contributed by atoms with Gasteiger partial charge in [0.1, 0.15) is 12.4 Å². The first-order chi connectivity index (χ1) is 15.8. The standard InChI is InChI=1S/C24H16Cl3IN2O2S/c1-13-17(26)3-2-4-20(13)29-24-30-23(31)22(33-24)10-14-5-8-21(19(28)9-14)32-12-15-6-7-16(25)11-18(15)27/h2-11H,12H2,1H3,(H,29,30,31)/b22-10+. The average Bonchev–Trinajstić information content (AvgIpc) is 3.10. The van der Waals surface area contributed by atoms with Crippen LogP contribution in [-0.2, 0) is 11.4 Å². The molecule has 168 valence electrons. The van der Waals surface area contributed by atoms with E-state index in [0.717, 1.165) is 31.7 Å². The van der Waals surface area contributed by atoms with Gasteiger partial charge in [0, 0.05) is 20.6 Å². The van der Waals surface area contributed by atoms with Crippen LogP contribution in [0.4, 0.5) is 5.69 Å². The molecule has 0 aliphatic carbocycles. The lowest BCUT2D eigenvalue weighted by Gasteiger charge is -2.10. The molecule has 1 amide bonds. The maximum Gasteiger partial charge on any atom is 0.264 e. The molecular formula is C24H16Cl3IN2O2S. The second-order valence-electron chi connectivity index (χ2n) is 7.08. The van der Waals surface area contributed by atoms with Crippen LogP contribution in [0.2, 0.25) is 15.1 Å². The lowest BCUT2D eigenvalue weighted by Crippen LogP contribution is -2.19. The van der Waals surface area contributed by atoms with Crippen LogP contribution in [0.15, 0.2) is 64.5 Å². The van der Waals surface area contributed by atoms with E-state index >= 15 is 0 Å². The number of carbonyl (C=O) groups excluding carboxylic acids is 1. The van der Waals surface area contributed by atoms with E-state index in [-0.39, 0.29) is 5.91 Å². The number of amides is 1. The highest BCUT2D eigenvalue weighted by molar-refractivity contribution is 14.1. The molecule has 1 heterocycles. The third-order valence-electron chi connectivity index (χ3n) is 4.76. The van der Waals surface area contributed by atoms with Crippen LogP contribution in [0.25, 0.3) is 6.08 Å². The van der Waals surface area contributed by atoms with Crippen LogP contribution in [-0.4, -0.2) is 11.1 Å². The summed E-state index contributed by atoms with van der Waals surface area (Å²) in [5.74, 6) is 0.539. The van der Waals surface area contributed by atoms with Crippen molar-refractivity contribution in [3.8, 4) is 5.75 Å². The Bertz CT molecular complexity index is 1310. The van der Waals surface area contributed by atoms with Gasteiger partial charge in [-0.2, -0.15) is 0 Å². The van der Waals surface area contributed by atoms with Gasteiger partial charge in [0.05, 0.1) is 14.2 Å². The van der Waals surface area contributed by atoms with Crippen molar-refractivity contribution in [3.05, 3.63) is 94.8 Å². The summed E-state index contributed by atoms with van der Waals surface area (Å²) < 4.78 is 6.84. The van der Waals surface area contributed by atoms with Crippen molar-refractivity contribution in [1.29, 1.82) is 0 Å². The third kappa shape index (κ3) is 6.05. The molecule has 1 fully saturated rings. The number of aliphatic imine (C=N–C) groups is 1. The topological polar surface area (TPSA) is 50.7 Å². The average molecular weight is 630 g/mol. The van der Waals surface area contributed by atoms with Crippen LogP contribution < -0.4 is 10.1 Å². The summed E-state index contributed by atoms with van der Waals surface area (Å²) in [4.78, 5) is 17.5. The number of nitrogens with zero attached hydrogens (tertiary/aromatic N) is 1. The first-order valence-corrected chi connectivity index (χ1v) is 12.7. The molecule has 0 aromatic heterocycles. The zero-order valence-electron chi connectivity index (χ0n) is 17.2. The summed E-state index contributed by atoms with van der Waals surface area (Å²) in [6.07, 6.45) is 1.83. The van der Waals surface area contributed by atoms with Crippen molar-refractivity contribution in [1.82, 2.24) is 5.32 Å². The van der Waals surface area contributed by atoms with Crippen LogP contribution in [0.5, 0.6) is 5.75 Å². The molecule has 3 aromatic rings. The number of ether oxygens (including phenoxy) is 1. The lowest BCUT2D eigenvalue weighted by molar-refractivity contribution is -0.115. The SMILES string of the molecule is Cc1c(Cl)cccc1N=C1NC(=O)/C(=C\c2ccc(OCc3ccc(Cl)cc3Cl)c(I)c2)S1. The molecule has 0 unspecified atom stereocenters. The van der Waals surface area contributed by atoms with E-state index in [1.54, 1.807) is 12.1 Å². The molecule has 3 aromatic carbocycles. The van der Waals surface area contributed by atoms with Gasteiger partial charge in [-0.3, -0.25) is 4.79 Å². The first kappa shape index (κ1) is 24.4. The molecule has 1 saturated heterocycles. The molecule has 1 aliphatic rings. The molecule has 4 rings (SSSR count). The van der Waals surface area contributed by atoms with Crippen LogP contribution in [0.1, 0.15) is 16.7 Å². The quantitative estimate of drug-likeness (QED) is 0.230. The van der Waals surface area contributed by atoms with Gasteiger partial charge < -0.3 is 10.1 Å². The van der Waals surface area contributed by atoms with Crippen LogP contribution in [0.3, 0.4) is 0 Å². The monoisotopic (exact) mass is 628 g/mol. The largest absolute Gasteiger partial charge is 0.488 e. The zero-order valence-corrected chi connectivity index (χ0v) is 22.4.